The molecule has 0 bridgehead atoms. The molecule has 1 aromatic heterocycles. The van der Waals surface area contributed by atoms with Crippen molar-refractivity contribution in [3.05, 3.63) is 18.0 Å². The van der Waals surface area contributed by atoms with Gasteiger partial charge >= 0.3 is 12.1 Å². The number of carbonyl (C=O) groups is 3. The molecule has 0 saturated carbocycles. The molecule has 1 atom stereocenters. The molecule has 12 heteroatoms. The van der Waals surface area contributed by atoms with E-state index in [2.05, 4.69) is 10.2 Å². The van der Waals surface area contributed by atoms with Gasteiger partial charge in [-0.15, -0.1) is 0 Å². The molecule has 1 unspecified atom stereocenters. The number of methoxy groups -OCH3 is 1. The molecule has 0 radical (unpaired) electrons. The lowest BCUT2D eigenvalue weighted by Gasteiger charge is -2.44. The third-order valence-electron chi connectivity index (χ3n) is 5.16. The number of carbonyl (C=O) groups excluding carboxylic acids is 2. The predicted octanol–water partition coefficient (Wildman–Crippen LogP) is 1.68. The highest BCUT2D eigenvalue weighted by molar-refractivity contribution is 5.94. The van der Waals surface area contributed by atoms with Crippen LogP contribution in [-0.4, -0.2) is 88.0 Å². The van der Waals surface area contributed by atoms with Crippen LogP contribution in [-0.2, 0) is 14.3 Å². The van der Waals surface area contributed by atoms with E-state index >= 15 is 0 Å². The average Bonchev–Trinajstić information content (AvgIpc) is 3.31. The molecule has 2 aliphatic rings. The van der Waals surface area contributed by atoms with Crippen molar-refractivity contribution in [3.63, 3.8) is 0 Å². The summed E-state index contributed by atoms with van der Waals surface area (Å²) >= 11 is 0. The number of carboxylic acids is 1. The highest BCUT2D eigenvalue weighted by Gasteiger charge is 2.50. The standard InChI is InChI=1S/C16H24N4O3.C2HF3O2/c1-23-10-4-8-19-12-16(11-14(19)21)6-2-3-9-20(16)15(22)13-5-7-17-18-13;3-2(4,5)1(6)7/h5,7H,2-4,6,8-12H2,1H3,(H,17,18);(H,6,7). The molecule has 9 nitrogen and oxygen atoms in total. The molecule has 30 heavy (non-hydrogen) atoms. The first-order chi connectivity index (χ1) is 14.1. The van der Waals surface area contributed by atoms with Crippen LogP contribution in [0.4, 0.5) is 13.2 Å². The maximum Gasteiger partial charge on any atom is 0.490 e. The van der Waals surface area contributed by atoms with Gasteiger partial charge in [0.25, 0.3) is 5.91 Å². The third kappa shape index (κ3) is 5.71. The van der Waals surface area contributed by atoms with Crippen molar-refractivity contribution in [2.24, 2.45) is 0 Å². The number of aromatic nitrogens is 2. The molecule has 0 aliphatic carbocycles. The Hall–Kier alpha value is -2.63. The molecular formula is C18H25F3N4O5. The van der Waals surface area contributed by atoms with E-state index in [1.54, 1.807) is 19.4 Å². The van der Waals surface area contributed by atoms with E-state index in [1.807, 2.05) is 9.80 Å². The van der Waals surface area contributed by atoms with Gasteiger partial charge in [-0.2, -0.15) is 18.3 Å². The van der Waals surface area contributed by atoms with Gasteiger partial charge in [0, 0.05) is 39.5 Å². The van der Waals surface area contributed by atoms with Gasteiger partial charge in [0.1, 0.15) is 5.69 Å². The van der Waals surface area contributed by atoms with Gasteiger partial charge in [-0.3, -0.25) is 14.7 Å². The highest BCUT2D eigenvalue weighted by Crippen LogP contribution is 2.38. The van der Waals surface area contributed by atoms with Gasteiger partial charge in [0.2, 0.25) is 5.91 Å². The monoisotopic (exact) mass is 434 g/mol. The van der Waals surface area contributed by atoms with Crippen LogP contribution < -0.4 is 0 Å². The molecule has 2 N–H and O–H groups in total. The van der Waals surface area contributed by atoms with Crippen molar-refractivity contribution in [1.29, 1.82) is 0 Å². The second kappa shape index (κ2) is 9.92. The van der Waals surface area contributed by atoms with Crippen molar-refractivity contribution >= 4 is 17.8 Å². The molecule has 2 aliphatic heterocycles. The van der Waals surface area contributed by atoms with E-state index in [1.165, 1.54) is 0 Å². The lowest BCUT2D eigenvalue weighted by Crippen LogP contribution is -2.56. The molecule has 2 saturated heterocycles. The number of carboxylic acid groups (broad SMARTS) is 1. The fourth-order valence-electron chi connectivity index (χ4n) is 3.78. The number of aliphatic carboxylic acids is 1. The number of H-pyrrole nitrogens is 1. The fourth-order valence-corrected chi connectivity index (χ4v) is 3.78. The first kappa shape index (κ1) is 23.6. The summed E-state index contributed by atoms with van der Waals surface area (Å²) in [6.45, 7) is 2.68. The maximum atomic E-state index is 12.8. The summed E-state index contributed by atoms with van der Waals surface area (Å²) in [6, 6.07) is 1.69. The summed E-state index contributed by atoms with van der Waals surface area (Å²) in [6.07, 6.45) is 0.693. The van der Waals surface area contributed by atoms with Crippen molar-refractivity contribution in [2.75, 3.05) is 33.4 Å². The molecule has 3 rings (SSSR count). The number of likely N-dealkylation sites (tertiary alicyclic amines) is 2. The molecule has 0 aromatic carbocycles. The van der Waals surface area contributed by atoms with E-state index in [-0.39, 0.29) is 17.4 Å². The number of amides is 2. The second-order valence-corrected chi connectivity index (χ2v) is 7.25. The van der Waals surface area contributed by atoms with Crippen LogP contribution in [0.25, 0.3) is 0 Å². The Morgan fingerprint density at radius 1 is 1.37 bits per heavy atom. The summed E-state index contributed by atoms with van der Waals surface area (Å²) in [7, 11) is 1.67. The smallest absolute Gasteiger partial charge is 0.475 e. The summed E-state index contributed by atoms with van der Waals surface area (Å²) in [5, 5.41) is 13.7. The van der Waals surface area contributed by atoms with E-state index in [0.717, 1.165) is 25.7 Å². The number of halogens is 3. The zero-order chi connectivity index (χ0) is 22.4. The number of ether oxygens (including phenoxy) is 1. The number of hydrogen-bond donors (Lipinski definition) is 2. The zero-order valence-corrected chi connectivity index (χ0v) is 16.6. The van der Waals surface area contributed by atoms with Crippen LogP contribution in [0.2, 0.25) is 0 Å². The number of nitrogens with zero attached hydrogens (tertiary/aromatic N) is 3. The Bertz CT molecular complexity index is 741. The van der Waals surface area contributed by atoms with Gasteiger partial charge in [-0.25, -0.2) is 4.79 Å². The predicted molar refractivity (Wildman–Crippen MR) is 97.6 cm³/mol. The topological polar surface area (TPSA) is 116 Å². The Morgan fingerprint density at radius 2 is 2.07 bits per heavy atom. The largest absolute Gasteiger partial charge is 0.490 e. The van der Waals surface area contributed by atoms with E-state index in [4.69, 9.17) is 14.6 Å². The van der Waals surface area contributed by atoms with Crippen LogP contribution in [0.1, 0.15) is 42.6 Å². The van der Waals surface area contributed by atoms with E-state index in [9.17, 15) is 22.8 Å². The average molecular weight is 434 g/mol. The number of nitrogens with one attached hydrogen (secondary N) is 1. The second-order valence-electron chi connectivity index (χ2n) is 7.25. The third-order valence-corrected chi connectivity index (χ3v) is 5.16. The van der Waals surface area contributed by atoms with E-state index in [0.29, 0.717) is 38.4 Å². The summed E-state index contributed by atoms with van der Waals surface area (Å²) in [4.78, 5) is 37.9. The number of alkyl halides is 3. The summed E-state index contributed by atoms with van der Waals surface area (Å²) in [5.41, 5.74) is 0.140. The van der Waals surface area contributed by atoms with Crippen LogP contribution in [0.15, 0.2) is 12.3 Å². The Labute approximate surface area is 171 Å². The van der Waals surface area contributed by atoms with Gasteiger partial charge < -0.3 is 19.6 Å². The lowest BCUT2D eigenvalue weighted by molar-refractivity contribution is -0.192. The molecule has 2 fully saturated rings. The van der Waals surface area contributed by atoms with Crippen molar-refractivity contribution in [1.82, 2.24) is 20.0 Å². The van der Waals surface area contributed by atoms with Crippen LogP contribution in [0, 0.1) is 0 Å². The Morgan fingerprint density at radius 3 is 2.63 bits per heavy atom. The first-order valence-electron chi connectivity index (χ1n) is 9.49. The zero-order valence-electron chi connectivity index (χ0n) is 16.6. The summed E-state index contributed by atoms with van der Waals surface area (Å²) in [5.74, 6) is -2.66. The fraction of sp³-hybridized carbons (Fsp3) is 0.667. The maximum absolute atomic E-state index is 12.8. The summed E-state index contributed by atoms with van der Waals surface area (Å²) < 4.78 is 36.8. The normalized spacial score (nSPS) is 21.5. The van der Waals surface area contributed by atoms with E-state index < -0.39 is 12.1 Å². The highest BCUT2D eigenvalue weighted by atomic mass is 19.4. The lowest BCUT2D eigenvalue weighted by atomic mass is 9.85. The minimum absolute atomic E-state index is 0.0475. The first-order valence-corrected chi connectivity index (χ1v) is 9.49. The van der Waals surface area contributed by atoms with Gasteiger partial charge in [0.15, 0.2) is 0 Å². The Kier molecular flexibility index (Phi) is 7.82. The van der Waals surface area contributed by atoms with Crippen molar-refractivity contribution in [3.8, 4) is 0 Å². The number of rotatable bonds is 5. The number of aromatic amines is 1. The molecule has 2 amide bonds. The quantitative estimate of drug-likeness (QED) is 0.682. The van der Waals surface area contributed by atoms with Crippen molar-refractivity contribution < 1.29 is 37.4 Å². The minimum Gasteiger partial charge on any atom is -0.475 e. The SMILES string of the molecule is COCCCN1CC2(CCCCN2C(=O)c2ccn[nH]2)CC1=O.O=C(O)C(F)(F)F. The minimum atomic E-state index is -5.08. The number of hydrogen-bond acceptors (Lipinski definition) is 5. The van der Waals surface area contributed by atoms with Crippen LogP contribution in [0.5, 0.6) is 0 Å². The van der Waals surface area contributed by atoms with Gasteiger partial charge in [0.05, 0.1) is 12.0 Å². The molecule has 168 valence electrons. The van der Waals surface area contributed by atoms with Gasteiger partial charge in [-0.05, 0) is 31.7 Å². The molecule has 1 spiro atoms. The molecule has 3 heterocycles. The number of piperidine rings is 1. The molecular weight excluding hydrogens is 409 g/mol. The van der Waals surface area contributed by atoms with Crippen LogP contribution in [0.3, 0.4) is 0 Å². The van der Waals surface area contributed by atoms with Crippen LogP contribution >= 0.6 is 0 Å². The van der Waals surface area contributed by atoms with Gasteiger partial charge in [-0.1, -0.05) is 0 Å². The molecule has 1 aromatic rings. The van der Waals surface area contributed by atoms with Crippen molar-refractivity contribution in [2.45, 2.75) is 43.8 Å². The Balaban J connectivity index is 0.000000396.